The number of anilines is 1. The normalized spacial score (nSPS) is 10.2. The molecule has 0 aliphatic rings. The second kappa shape index (κ2) is 5.27. The molecule has 0 aliphatic carbocycles. The van der Waals surface area contributed by atoms with Gasteiger partial charge in [-0.1, -0.05) is 0 Å². The lowest BCUT2D eigenvalue weighted by Gasteiger charge is -2.11. The number of aromatic nitrogens is 1. The molecular weight excluding hydrogens is 296 g/mol. The molecule has 5 heteroatoms. The van der Waals surface area contributed by atoms with Gasteiger partial charge in [0, 0.05) is 6.20 Å². The van der Waals surface area contributed by atoms with E-state index in [1.54, 1.807) is 19.4 Å². The maximum atomic E-state index is 5.91. The van der Waals surface area contributed by atoms with Crippen molar-refractivity contribution < 1.29 is 9.47 Å². The minimum absolute atomic E-state index is 0.404. The number of hydrogen-bond donors (Lipinski definition) is 1. The van der Waals surface area contributed by atoms with Gasteiger partial charge < -0.3 is 15.2 Å². The predicted octanol–water partition coefficient (Wildman–Crippen LogP) is 3.54. The zero-order valence-corrected chi connectivity index (χ0v) is 11.7. The fraction of sp³-hybridized carbons (Fsp3) is 0.154. The van der Waals surface area contributed by atoms with Crippen molar-refractivity contribution >= 4 is 21.6 Å². The number of halogens is 1. The van der Waals surface area contributed by atoms with Crippen LogP contribution in [0.5, 0.6) is 17.4 Å². The molecule has 4 nitrogen and oxygen atoms in total. The first-order valence-electron chi connectivity index (χ1n) is 5.34. The summed E-state index contributed by atoms with van der Waals surface area (Å²) in [6.45, 7) is 1.91. The van der Waals surface area contributed by atoms with Crippen molar-refractivity contribution in [1.82, 2.24) is 4.98 Å². The Morgan fingerprint density at radius 2 is 2.06 bits per heavy atom. The first-order chi connectivity index (χ1) is 8.61. The van der Waals surface area contributed by atoms with Crippen molar-refractivity contribution in [2.24, 2.45) is 0 Å². The van der Waals surface area contributed by atoms with Crippen LogP contribution in [0.25, 0.3) is 0 Å². The third-order valence-corrected chi connectivity index (χ3v) is 3.14. The molecule has 1 heterocycles. The van der Waals surface area contributed by atoms with Crippen LogP contribution in [0.3, 0.4) is 0 Å². The van der Waals surface area contributed by atoms with E-state index in [-0.39, 0.29) is 0 Å². The van der Waals surface area contributed by atoms with Crippen LogP contribution in [-0.2, 0) is 0 Å². The van der Waals surface area contributed by atoms with Gasteiger partial charge >= 0.3 is 0 Å². The number of benzene rings is 1. The molecule has 2 rings (SSSR count). The summed E-state index contributed by atoms with van der Waals surface area (Å²) >= 11 is 3.41. The number of rotatable bonds is 3. The SMILES string of the molecule is COc1ccc(Oc2nccc(C)c2N)c(Br)c1. The van der Waals surface area contributed by atoms with Crippen LogP contribution in [0, 0.1) is 6.92 Å². The topological polar surface area (TPSA) is 57.4 Å². The Kier molecular flexibility index (Phi) is 3.72. The number of ether oxygens (including phenoxy) is 2. The lowest BCUT2D eigenvalue weighted by molar-refractivity contribution is 0.411. The van der Waals surface area contributed by atoms with Crippen molar-refractivity contribution in [2.75, 3.05) is 12.8 Å². The fourth-order valence-electron chi connectivity index (χ4n) is 1.42. The summed E-state index contributed by atoms with van der Waals surface area (Å²) in [6.07, 6.45) is 1.67. The van der Waals surface area contributed by atoms with E-state index in [0.29, 0.717) is 17.3 Å². The third kappa shape index (κ3) is 2.56. The smallest absolute Gasteiger partial charge is 0.242 e. The molecule has 18 heavy (non-hydrogen) atoms. The summed E-state index contributed by atoms with van der Waals surface area (Å²) in [4.78, 5) is 4.12. The fourth-order valence-corrected chi connectivity index (χ4v) is 1.86. The monoisotopic (exact) mass is 308 g/mol. The van der Waals surface area contributed by atoms with Crippen LogP contribution in [0.4, 0.5) is 5.69 Å². The molecule has 0 saturated heterocycles. The molecule has 0 saturated carbocycles. The highest BCUT2D eigenvalue weighted by atomic mass is 79.9. The van der Waals surface area contributed by atoms with E-state index in [2.05, 4.69) is 20.9 Å². The van der Waals surface area contributed by atoms with Gasteiger partial charge in [-0.15, -0.1) is 0 Å². The van der Waals surface area contributed by atoms with Crippen LogP contribution in [-0.4, -0.2) is 12.1 Å². The van der Waals surface area contributed by atoms with E-state index in [1.165, 1.54) is 0 Å². The van der Waals surface area contributed by atoms with E-state index in [9.17, 15) is 0 Å². The van der Waals surface area contributed by atoms with Crippen molar-refractivity contribution in [1.29, 1.82) is 0 Å². The van der Waals surface area contributed by atoms with Gasteiger partial charge in [0.25, 0.3) is 0 Å². The Morgan fingerprint density at radius 3 is 2.72 bits per heavy atom. The Balaban J connectivity index is 2.31. The Hall–Kier alpha value is -1.75. The molecule has 2 aromatic rings. The Labute approximate surface area is 114 Å². The summed E-state index contributed by atoms with van der Waals surface area (Å²) < 4.78 is 11.6. The quantitative estimate of drug-likeness (QED) is 0.942. The van der Waals surface area contributed by atoms with Gasteiger partial charge in [0.1, 0.15) is 11.5 Å². The molecule has 0 fully saturated rings. The lowest BCUT2D eigenvalue weighted by Crippen LogP contribution is -1.97. The molecule has 0 radical (unpaired) electrons. The van der Waals surface area contributed by atoms with Gasteiger partial charge in [-0.2, -0.15) is 0 Å². The Morgan fingerprint density at radius 1 is 1.28 bits per heavy atom. The van der Waals surface area contributed by atoms with Crippen LogP contribution in [0.2, 0.25) is 0 Å². The molecule has 94 valence electrons. The molecule has 2 N–H and O–H groups in total. The number of methoxy groups -OCH3 is 1. The summed E-state index contributed by atoms with van der Waals surface area (Å²) in [5.41, 5.74) is 7.39. The molecule has 0 aliphatic heterocycles. The number of hydrogen-bond acceptors (Lipinski definition) is 4. The van der Waals surface area contributed by atoms with E-state index in [0.717, 1.165) is 15.8 Å². The zero-order valence-electron chi connectivity index (χ0n) is 10.1. The van der Waals surface area contributed by atoms with Gasteiger partial charge in [-0.3, -0.25) is 0 Å². The maximum Gasteiger partial charge on any atom is 0.242 e. The highest BCUT2D eigenvalue weighted by Crippen LogP contribution is 2.34. The summed E-state index contributed by atoms with van der Waals surface area (Å²) in [6, 6.07) is 7.27. The average Bonchev–Trinajstić information content (AvgIpc) is 2.37. The number of nitrogen functional groups attached to an aromatic ring is 1. The lowest BCUT2D eigenvalue weighted by atomic mass is 10.2. The molecular formula is C13H13BrN2O2. The van der Waals surface area contributed by atoms with Gasteiger partial charge in [0.15, 0.2) is 0 Å². The van der Waals surface area contributed by atoms with Crippen molar-refractivity contribution in [2.45, 2.75) is 6.92 Å². The van der Waals surface area contributed by atoms with E-state index < -0.39 is 0 Å². The van der Waals surface area contributed by atoms with Crippen LogP contribution >= 0.6 is 15.9 Å². The highest BCUT2D eigenvalue weighted by molar-refractivity contribution is 9.10. The van der Waals surface area contributed by atoms with E-state index >= 15 is 0 Å². The minimum atomic E-state index is 0.404. The van der Waals surface area contributed by atoms with Gasteiger partial charge in [-0.25, -0.2) is 4.98 Å². The van der Waals surface area contributed by atoms with Crippen LogP contribution < -0.4 is 15.2 Å². The number of nitrogens with two attached hydrogens (primary N) is 1. The number of nitrogens with zero attached hydrogens (tertiary/aromatic N) is 1. The summed E-state index contributed by atoms with van der Waals surface area (Å²) in [5.74, 6) is 1.79. The predicted molar refractivity (Wildman–Crippen MR) is 74.2 cm³/mol. The highest BCUT2D eigenvalue weighted by Gasteiger charge is 2.09. The van der Waals surface area contributed by atoms with E-state index in [1.807, 2.05) is 25.1 Å². The summed E-state index contributed by atoms with van der Waals surface area (Å²) in [5, 5.41) is 0. The van der Waals surface area contributed by atoms with Crippen LogP contribution in [0.1, 0.15) is 5.56 Å². The Bertz CT molecular complexity index is 573. The van der Waals surface area contributed by atoms with Crippen molar-refractivity contribution in [3.8, 4) is 17.4 Å². The van der Waals surface area contributed by atoms with Crippen LogP contribution in [0.15, 0.2) is 34.9 Å². The third-order valence-electron chi connectivity index (χ3n) is 2.52. The first kappa shape index (κ1) is 12.7. The number of pyridine rings is 1. The molecule has 0 spiro atoms. The first-order valence-corrected chi connectivity index (χ1v) is 6.13. The summed E-state index contributed by atoms with van der Waals surface area (Å²) in [7, 11) is 1.61. The second-order valence-corrected chi connectivity index (χ2v) is 4.60. The van der Waals surface area contributed by atoms with E-state index in [4.69, 9.17) is 15.2 Å². The van der Waals surface area contributed by atoms with Crippen molar-refractivity contribution in [3.63, 3.8) is 0 Å². The second-order valence-electron chi connectivity index (χ2n) is 3.75. The minimum Gasteiger partial charge on any atom is -0.497 e. The number of aryl methyl sites for hydroxylation is 1. The van der Waals surface area contributed by atoms with Gasteiger partial charge in [-0.05, 0) is 52.7 Å². The van der Waals surface area contributed by atoms with Crippen molar-refractivity contribution in [3.05, 3.63) is 40.5 Å². The molecule has 0 unspecified atom stereocenters. The zero-order chi connectivity index (χ0) is 13.1. The standard InChI is InChI=1S/C13H13BrN2O2/c1-8-5-6-16-13(12(8)15)18-11-4-3-9(17-2)7-10(11)14/h3-7H,15H2,1-2H3. The maximum absolute atomic E-state index is 5.91. The van der Waals surface area contributed by atoms with Gasteiger partial charge in [0.05, 0.1) is 17.3 Å². The average molecular weight is 309 g/mol. The molecule has 1 aromatic heterocycles. The molecule has 0 bridgehead atoms. The van der Waals surface area contributed by atoms with Gasteiger partial charge in [0.2, 0.25) is 5.88 Å². The molecule has 0 amide bonds. The largest absolute Gasteiger partial charge is 0.497 e. The molecule has 0 atom stereocenters. The molecule has 1 aromatic carbocycles.